The Hall–Kier alpha value is -2.52. The molecule has 0 aromatic heterocycles. The van der Waals surface area contributed by atoms with E-state index in [-0.39, 0.29) is 0 Å². The average Bonchev–Trinajstić information content (AvgIpc) is 2.58. The van der Waals surface area contributed by atoms with E-state index in [1.165, 1.54) is 0 Å². The fourth-order valence-corrected chi connectivity index (χ4v) is 1.70. The van der Waals surface area contributed by atoms with E-state index in [0.717, 1.165) is 12.1 Å². The molecule has 9 nitrogen and oxygen atoms in total. The minimum Gasteiger partial charge on any atom is -0.493 e. The number of ether oxygens (including phenoxy) is 4. The van der Waals surface area contributed by atoms with Crippen LogP contribution in [0, 0.1) is 0 Å². The lowest BCUT2D eigenvalue weighted by Crippen LogP contribution is -2.19. The summed E-state index contributed by atoms with van der Waals surface area (Å²) in [5, 5.41) is 18.0. The molecule has 3 N–H and O–H groups in total. The average molecular weight is 345 g/mol. The molecule has 0 bridgehead atoms. The molecule has 1 aromatic carbocycles. The number of methoxy groups -OCH3 is 4. The number of nitrogens with one attached hydrogen (secondary N) is 1. The minimum absolute atomic E-state index is 0.617. The third-order valence-electron chi connectivity index (χ3n) is 2.77. The smallest absolute Gasteiger partial charge is 0.414 e. The van der Waals surface area contributed by atoms with Crippen molar-refractivity contribution >= 4 is 11.9 Å². The number of rotatable bonds is 8. The van der Waals surface area contributed by atoms with Gasteiger partial charge in [0.2, 0.25) is 5.75 Å². The van der Waals surface area contributed by atoms with Gasteiger partial charge in [0.15, 0.2) is 11.5 Å². The first-order valence-electron chi connectivity index (χ1n) is 6.86. The number of benzene rings is 1. The third kappa shape index (κ3) is 7.16. The van der Waals surface area contributed by atoms with E-state index in [2.05, 4.69) is 5.32 Å². The van der Waals surface area contributed by atoms with E-state index < -0.39 is 11.9 Å². The summed E-state index contributed by atoms with van der Waals surface area (Å²) >= 11 is 0. The van der Waals surface area contributed by atoms with Crippen molar-refractivity contribution in [3.63, 3.8) is 0 Å². The first-order valence-corrected chi connectivity index (χ1v) is 6.86. The predicted octanol–water partition coefficient (Wildman–Crippen LogP) is 0.604. The van der Waals surface area contributed by atoms with Crippen molar-refractivity contribution in [2.75, 3.05) is 41.6 Å². The summed E-state index contributed by atoms with van der Waals surface area (Å²) in [4.78, 5) is 18.2. The molecule has 0 aliphatic carbocycles. The molecule has 0 spiro atoms. The van der Waals surface area contributed by atoms with Gasteiger partial charge in [-0.05, 0) is 6.07 Å². The summed E-state index contributed by atoms with van der Waals surface area (Å²) in [5.41, 5.74) is 1.02. The Balaban J connectivity index is 0.000000754. The molecule has 0 saturated heterocycles. The van der Waals surface area contributed by atoms with Crippen LogP contribution >= 0.6 is 0 Å². The Kier molecular flexibility index (Phi) is 10.7. The summed E-state index contributed by atoms with van der Waals surface area (Å²) in [5.74, 6) is -1.67. The van der Waals surface area contributed by atoms with Gasteiger partial charge >= 0.3 is 11.9 Å². The lowest BCUT2D eigenvalue weighted by Gasteiger charge is -2.16. The van der Waals surface area contributed by atoms with Gasteiger partial charge < -0.3 is 34.5 Å². The number of carboxylic acid groups (broad SMARTS) is 2. The van der Waals surface area contributed by atoms with E-state index in [0.29, 0.717) is 30.4 Å². The van der Waals surface area contributed by atoms with Crippen LogP contribution < -0.4 is 19.5 Å². The van der Waals surface area contributed by atoms with E-state index in [9.17, 15) is 0 Å². The van der Waals surface area contributed by atoms with E-state index in [1.54, 1.807) is 28.4 Å². The summed E-state index contributed by atoms with van der Waals surface area (Å²) in [6, 6.07) is 3.83. The Morgan fingerprint density at radius 3 is 1.96 bits per heavy atom. The van der Waals surface area contributed by atoms with Crippen LogP contribution in [0.3, 0.4) is 0 Å². The molecule has 1 aromatic rings. The van der Waals surface area contributed by atoms with Gasteiger partial charge in [-0.3, -0.25) is 0 Å². The Morgan fingerprint density at radius 2 is 1.54 bits per heavy atom. The zero-order valence-corrected chi connectivity index (χ0v) is 14.1. The van der Waals surface area contributed by atoms with Gasteiger partial charge in [0.05, 0.1) is 27.9 Å². The lowest BCUT2D eigenvalue weighted by atomic mass is 10.1. The Labute approximate surface area is 140 Å². The molecule has 0 amide bonds. The SMILES string of the molecule is COCCNCc1ccc(OC)c(OC)c1OC.O=C(O)C(=O)O. The maximum absolute atomic E-state index is 9.10. The van der Waals surface area contributed by atoms with Crippen LogP contribution in [0.2, 0.25) is 0 Å². The fraction of sp³-hybridized carbons (Fsp3) is 0.467. The van der Waals surface area contributed by atoms with Crippen LogP contribution in [0.15, 0.2) is 12.1 Å². The van der Waals surface area contributed by atoms with E-state index >= 15 is 0 Å². The van der Waals surface area contributed by atoms with Crippen LogP contribution in [-0.4, -0.2) is 63.7 Å². The van der Waals surface area contributed by atoms with Crippen LogP contribution in [0.5, 0.6) is 17.2 Å². The summed E-state index contributed by atoms with van der Waals surface area (Å²) < 4.78 is 20.9. The van der Waals surface area contributed by atoms with E-state index in [1.807, 2.05) is 12.1 Å². The van der Waals surface area contributed by atoms with Crippen LogP contribution in [0.1, 0.15) is 5.56 Å². The molecule has 1 rings (SSSR count). The third-order valence-corrected chi connectivity index (χ3v) is 2.77. The standard InChI is InChI=1S/C13H21NO4.C2H2O4/c1-15-8-7-14-9-10-5-6-11(16-2)13(18-4)12(10)17-3;3-1(4)2(5)6/h5-6,14H,7-9H2,1-4H3;(H,3,4)(H,5,6). The lowest BCUT2D eigenvalue weighted by molar-refractivity contribution is -0.159. The van der Waals surface area contributed by atoms with Gasteiger partial charge in [0, 0.05) is 25.8 Å². The molecule has 0 atom stereocenters. The zero-order chi connectivity index (χ0) is 18.5. The number of hydrogen-bond donors (Lipinski definition) is 3. The molecule has 0 aliphatic rings. The van der Waals surface area contributed by atoms with Gasteiger partial charge in [-0.1, -0.05) is 6.07 Å². The molecule has 0 radical (unpaired) electrons. The van der Waals surface area contributed by atoms with Crippen molar-refractivity contribution in [1.29, 1.82) is 0 Å². The number of carboxylic acids is 2. The second-order valence-corrected chi connectivity index (χ2v) is 4.27. The molecule has 0 heterocycles. The van der Waals surface area contributed by atoms with Gasteiger partial charge in [0.1, 0.15) is 0 Å². The topological polar surface area (TPSA) is 124 Å². The molecular formula is C15H23NO8. The van der Waals surface area contributed by atoms with Crippen molar-refractivity contribution in [2.24, 2.45) is 0 Å². The van der Waals surface area contributed by atoms with Crippen LogP contribution in [0.25, 0.3) is 0 Å². The molecule has 24 heavy (non-hydrogen) atoms. The highest BCUT2D eigenvalue weighted by molar-refractivity contribution is 6.27. The molecule has 9 heteroatoms. The molecule has 0 fully saturated rings. The molecule has 0 aliphatic heterocycles. The Bertz CT molecular complexity index is 520. The first-order chi connectivity index (χ1) is 11.4. The van der Waals surface area contributed by atoms with Crippen molar-refractivity contribution in [2.45, 2.75) is 6.54 Å². The van der Waals surface area contributed by atoms with Crippen molar-refractivity contribution in [3.8, 4) is 17.2 Å². The van der Waals surface area contributed by atoms with Gasteiger partial charge in [-0.25, -0.2) is 9.59 Å². The van der Waals surface area contributed by atoms with Crippen molar-refractivity contribution in [3.05, 3.63) is 17.7 Å². The zero-order valence-electron chi connectivity index (χ0n) is 14.1. The highest BCUT2D eigenvalue weighted by atomic mass is 16.5. The second kappa shape index (κ2) is 12.0. The number of aliphatic carboxylic acids is 2. The molecular weight excluding hydrogens is 322 g/mol. The van der Waals surface area contributed by atoms with Gasteiger partial charge in [-0.15, -0.1) is 0 Å². The number of carbonyl (C=O) groups is 2. The maximum Gasteiger partial charge on any atom is 0.414 e. The summed E-state index contributed by atoms with van der Waals surface area (Å²) in [6.07, 6.45) is 0. The predicted molar refractivity (Wildman–Crippen MR) is 85.0 cm³/mol. The monoisotopic (exact) mass is 345 g/mol. The normalized spacial score (nSPS) is 9.50. The summed E-state index contributed by atoms with van der Waals surface area (Å²) in [6.45, 7) is 2.15. The Morgan fingerprint density at radius 1 is 0.958 bits per heavy atom. The fourth-order valence-electron chi connectivity index (χ4n) is 1.70. The first kappa shape index (κ1) is 21.5. The summed E-state index contributed by atoms with van der Waals surface area (Å²) in [7, 11) is 6.50. The second-order valence-electron chi connectivity index (χ2n) is 4.27. The highest BCUT2D eigenvalue weighted by Crippen LogP contribution is 2.39. The highest BCUT2D eigenvalue weighted by Gasteiger charge is 2.15. The quantitative estimate of drug-likeness (QED) is 0.459. The molecule has 0 unspecified atom stereocenters. The van der Waals surface area contributed by atoms with Crippen molar-refractivity contribution in [1.82, 2.24) is 5.32 Å². The maximum atomic E-state index is 9.10. The van der Waals surface area contributed by atoms with Crippen molar-refractivity contribution < 1.29 is 38.7 Å². The molecule has 0 saturated carbocycles. The minimum atomic E-state index is -1.82. The largest absolute Gasteiger partial charge is 0.493 e. The number of hydrogen-bond acceptors (Lipinski definition) is 7. The van der Waals surface area contributed by atoms with E-state index in [4.69, 9.17) is 38.7 Å². The van der Waals surface area contributed by atoms with Crippen LogP contribution in [-0.2, 0) is 20.9 Å². The van der Waals surface area contributed by atoms with Crippen LogP contribution in [0.4, 0.5) is 0 Å². The van der Waals surface area contributed by atoms with Gasteiger partial charge in [-0.2, -0.15) is 0 Å². The molecule has 136 valence electrons. The van der Waals surface area contributed by atoms with Gasteiger partial charge in [0.25, 0.3) is 0 Å².